The van der Waals surface area contributed by atoms with Crippen LogP contribution in [0.3, 0.4) is 0 Å². The number of thioether (sulfide) groups is 1. The first kappa shape index (κ1) is 6.78. The maximum atomic E-state index is 10.7. The van der Waals surface area contributed by atoms with E-state index in [9.17, 15) is 4.55 Å². The van der Waals surface area contributed by atoms with Crippen LogP contribution in [0.5, 0.6) is 0 Å². The van der Waals surface area contributed by atoms with Crippen LogP contribution in [0, 0.1) is 6.42 Å². The van der Waals surface area contributed by atoms with Crippen molar-refractivity contribution in [3.8, 4) is 0 Å². The van der Waals surface area contributed by atoms with Crippen LogP contribution in [-0.4, -0.2) is 27.6 Å². The Morgan fingerprint density at radius 2 is 2.50 bits per heavy atom. The lowest BCUT2D eigenvalue weighted by atomic mass is 10.6. The van der Waals surface area contributed by atoms with E-state index in [1.54, 1.807) is 0 Å². The van der Waals surface area contributed by atoms with Crippen molar-refractivity contribution in [3.63, 3.8) is 0 Å². The Morgan fingerprint density at radius 3 is 3.38 bits per heavy atom. The van der Waals surface area contributed by atoms with Gasteiger partial charge in [0.05, 0.1) is 0 Å². The third-order valence-corrected chi connectivity index (χ3v) is 3.48. The highest BCUT2D eigenvalue weighted by Gasteiger charge is 2.09. The monoisotopic (exact) mass is 149 g/mol. The summed E-state index contributed by atoms with van der Waals surface area (Å²) >= 11 is 1.34. The smallest absolute Gasteiger partial charge is 0.114 e. The Morgan fingerprint density at radius 1 is 1.62 bits per heavy atom. The molecule has 0 amide bonds. The fourth-order valence-electron chi connectivity index (χ4n) is 0.581. The molecule has 47 valence electrons. The van der Waals surface area contributed by atoms with E-state index in [1.807, 2.05) is 11.8 Å². The zero-order chi connectivity index (χ0) is 5.82. The fraction of sp³-hybridized carbons (Fsp3) is 0.800. The number of hydrogen-bond acceptors (Lipinski definition) is 2. The molecule has 0 spiro atoms. The Kier molecular flexibility index (Phi) is 3.08. The van der Waals surface area contributed by atoms with E-state index in [1.165, 1.54) is 0 Å². The molecule has 8 heavy (non-hydrogen) atoms. The van der Waals surface area contributed by atoms with E-state index in [2.05, 4.69) is 6.42 Å². The van der Waals surface area contributed by atoms with Crippen LogP contribution in [0.4, 0.5) is 0 Å². The second-order valence-electron chi connectivity index (χ2n) is 1.67. The minimum Gasteiger partial charge on any atom is -0.616 e. The standard InChI is InChI=1S/C5H9OS2/c6-8-4-1-2-7-3-5-8/h1H,2-5H2. The predicted octanol–water partition coefficient (Wildman–Crippen LogP) is 0.686. The quantitative estimate of drug-likeness (QED) is 0.473. The molecule has 1 heterocycles. The number of rotatable bonds is 0. The molecule has 0 N–H and O–H groups in total. The summed E-state index contributed by atoms with van der Waals surface area (Å²) in [6.45, 7) is 0. The van der Waals surface area contributed by atoms with Gasteiger partial charge in [0.15, 0.2) is 0 Å². The molecule has 1 nitrogen and oxygen atoms in total. The highest BCUT2D eigenvalue weighted by molar-refractivity contribution is 8.01. The molecule has 0 aromatic rings. The third-order valence-electron chi connectivity index (χ3n) is 0.995. The molecule has 1 aliphatic heterocycles. The molecule has 1 unspecified atom stereocenters. The average Bonchev–Trinajstić information content (AvgIpc) is 1.94. The van der Waals surface area contributed by atoms with Gasteiger partial charge in [-0.15, -0.1) is 0 Å². The van der Waals surface area contributed by atoms with Crippen molar-refractivity contribution in [2.45, 2.75) is 0 Å². The zero-order valence-electron chi connectivity index (χ0n) is 4.63. The minimum absolute atomic E-state index is 0.534. The molecule has 0 aromatic carbocycles. The van der Waals surface area contributed by atoms with Crippen molar-refractivity contribution < 1.29 is 4.55 Å². The van der Waals surface area contributed by atoms with Crippen molar-refractivity contribution in [1.82, 2.24) is 0 Å². The molecule has 0 aliphatic carbocycles. The Labute approximate surface area is 57.4 Å². The molecule has 0 saturated carbocycles. The van der Waals surface area contributed by atoms with E-state index >= 15 is 0 Å². The molecule has 1 saturated heterocycles. The van der Waals surface area contributed by atoms with Crippen LogP contribution in [0.2, 0.25) is 0 Å². The second kappa shape index (κ2) is 3.64. The van der Waals surface area contributed by atoms with Crippen LogP contribution in [0.25, 0.3) is 0 Å². The Bertz CT molecular complexity index is 59.4. The highest BCUT2D eigenvalue weighted by atomic mass is 32.2. The first-order valence-corrected chi connectivity index (χ1v) is 5.28. The largest absolute Gasteiger partial charge is 0.616 e. The summed E-state index contributed by atoms with van der Waals surface area (Å²) in [7, 11) is 0. The van der Waals surface area contributed by atoms with Gasteiger partial charge in [-0.05, 0) is 0 Å². The maximum Gasteiger partial charge on any atom is 0.114 e. The normalized spacial score (nSPS) is 31.9. The van der Waals surface area contributed by atoms with E-state index in [0.29, 0.717) is 0 Å². The fourth-order valence-corrected chi connectivity index (χ4v) is 2.94. The second-order valence-corrected chi connectivity index (χ2v) is 4.45. The van der Waals surface area contributed by atoms with Crippen LogP contribution < -0.4 is 0 Å². The van der Waals surface area contributed by atoms with Gasteiger partial charge in [-0.1, -0.05) is 11.2 Å². The summed E-state index contributed by atoms with van der Waals surface area (Å²) < 4.78 is 10.7. The molecule has 1 aliphatic rings. The van der Waals surface area contributed by atoms with Gasteiger partial charge in [0.1, 0.15) is 11.5 Å². The van der Waals surface area contributed by atoms with Crippen molar-refractivity contribution in [2.24, 2.45) is 0 Å². The lowest BCUT2D eigenvalue weighted by Gasteiger charge is -2.03. The van der Waals surface area contributed by atoms with Gasteiger partial charge in [0, 0.05) is 17.9 Å². The first-order chi connectivity index (χ1) is 3.89. The van der Waals surface area contributed by atoms with Gasteiger partial charge in [-0.2, -0.15) is 11.8 Å². The van der Waals surface area contributed by atoms with Gasteiger partial charge >= 0.3 is 0 Å². The Balaban J connectivity index is 2.17. The molecule has 0 aromatic heterocycles. The van der Waals surface area contributed by atoms with Gasteiger partial charge in [0.25, 0.3) is 0 Å². The van der Waals surface area contributed by atoms with E-state index in [-0.39, 0.29) is 0 Å². The summed E-state index contributed by atoms with van der Waals surface area (Å²) in [6, 6.07) is 0. The topological polar surface area (TPSA) is 23.1 Å². The zero-order valence-corrected chi connectivity index (χ0v) is 6.26. The van der Waals surface area contributed by atoms with Crippen molar-refractivity contribution in [2.75, 3.05) is 23.0 Å². The van der Waals surface area contributed by atoms with Gasteiger partial charge in [-0.25, -0.2) is 0 Å². The maximum absolute atomic E-state index is 10.7. The molecule has 3 heteroatoms. The summed E-state index contributed by atoms with van der Waals surface area (Å²) in [5.41, 5.74) is 0. The highest BCUT2D eigenvalue weighted by Crippen LogP contribution is 2.09. The van der Waals surface area contributed by atoms with Crippen LogP contribution in [-0.2, 0) is 11.2 Å². The average molecular weight is 149 g/mol. The van der Waals surface area contributed by atoms with Crippen molar-refractivity contribution >= 4 is 22.9 Å². The van der Waals surface area contributed by atoms with E-state index in [0.717, 1.165) is 23.0 Å². The van der Waals surface area contributed by atoms with Crippen molar-refractivity contribution in [3.05, 3.63) is 6.42 Å². The van der Waals surface area contributed by atoms with Gasteiger partial charge in [-0.3, -0.25) is 0 Å². The Hall–Kier alpha value is 0.660. The SMILES string of the molecule is [O-][S+]1C[CH]CSCC1. The minimum atomic E-state index is -0.534. The van der Waals surface area contributed by atoms with Gasteiger partial charge in [0.2, 0.25) is 0 Å². The molecular formula is C5H9OS2. The lowest BCUT2D eigenvalue weighted by molar-refractivity contribution is 0.599. The molecule has 0 bridgehead atoms. The summed E-state index contributed by atoms with van der Waals surface area (Å²) in [6.07, 6.45) is 2.10. The summed E-state index contributed by atoms with van der Waals surface area (Å²) in [5, 5.41) is 0. The molecule has 1 fully saturated rings. The molecule has 1 atom stereocenters. The molecular weight excluding hydrogens is 140 g/mol. The van der Waals surface area contributed by atoms with Crippen LogP contribution >= 0.6 is 11.8 Å². The van der Waals surface area contributed by atoms with Gasteiger partial charge < -0.3 is 4.55 Å². The first-order valence-electron chi connectivity index (χ1n) is 2.64. The lowest BCUT2D eigenvalue weighted by Crippen LogP contribution is -2.09. The van der Waals surface area contributed by atoms with E-state index < -0.39 is 11.2 Å². The van der Waals surface area contributed by atoms with Crippen molar-refractivity contribution in [1.29, 1.82) is 0 Å². The van der Waals surface area contributed by atoms with Crippen LogP contribution in [0.15, 0.2) is 0 Å². The summed E-state index contributed by atoms with van der Waals surface area (Å²) in [5.74, 6) is 3.86. The van der Waals surface area contributed by atoms with E-state index in [4.69, 9.17) is 0 Å². The number of hydrogen-bond donors (Lipinski definition) is 0. The molecule has 1 radical (unpaired) electrons. The van der Waals surface area contributed by atoms with Crippen LogP contribution in [0.1, 0.15) is 0 Å². The summed E-state index contributed by atoms with van der Waals surface area (Å²) in [4.78, 5) is 0. The molecule has 1 rings (SSSR count). The third kappa shape index (κ3) is 2.29. The predicted molar refractivity (Wildman–Crippen MR) is 39.5 cm³/mol.